The van der Waals surface area contributed by atoms with Crippen LogP contribution < -0.4 is 5.32 Å². The van der Waals surface area contributed by atoms with E-state index in [-0.39, 0.29) is 6.04 Å². The Hall–Kier alpha value is -1.54. The number of hydrogen-bond acceptors (Lipinski definition) is 2. The molecule has 1 aromatic heterocycles. The molecule has 1 saturated carbocycles. The van der Waals surface area contributed by atoms with Crippen LogP contribution in [0.5, 0.6) is 0 Å². The molecule has 0 saturated heterocycles. The molecule has 1 atom stereocenters. The number of benzene rings is 1. The topological polar surface area (TPSA) is 25.2 Å². The van der Waals surface area contributed by atoms with Gasteiger partial charge in [-0.15, -0.1) is 0 Å². The third-order valence-corrected chi connectivity index (χ3v) is 4.66. The van der Waals surface area contributed by atoms with E-state index in [2.05, 4.69) is 49.5 Å². The van der Waals surface area contributed by atoms with E-state index in [1.54, 1.807) is 6.26 Å². The van der Waals surface area contributed by atoms with Crippen LogP contribution in [-0.2, 0) is 0 Å². The molecule has 1 aliphatic rings. The zero-order chi connectivity index (χ0) is 14.7. The van der Waals surface area contributed by atoms with Crippen molar-refractivity contribution in [1.82, 2.24) is 5.32 Å². The van der Waals surface area contributed by atoms with Crippen molar-refractivity contribution in [2.45, 2.75) is 51.5 Å². The second-order valence-corrected chi connectivity index (χ2v) is 6.08. The first-order valence-corrected chi connectivity index (χ1v) is 8.17. The summed E-state index contributed by atoms with van der Waals surface area (Å²) in [6.45, 7) is 5.29. The van der Waals surface area contributed by atoms with Crippen LogP contribution in [-0.4, -0.2) is 6.54 Å². The van der Waals surface area contributed by atoms with Gasteiger partial charge in [0.15, 0.2) is 0 Å². The molecule has 1 aliphatic carbocycles. The Morgan fingerprint density at radius 2 is 2.00 bits per heavy atom. The highest BCUT2D eigenvalue weighted by Crippen LogP contribution is 2.41. The molecule has 0 radical (unpaired) electrons. The normalized spacial score (nSPS) is 16.7. The smallest absolute Gasteiger partial charge is 0.105 e. The molecule has 0 amide bonds. The number of rotatable bonds is 6. The first-order chi connectivity index (χ1) is 10.3. The second kappa shape index (κ2) is 6.48. The van der Waals surface area contributed by atoms with E-state index < -0.39 is 0 Å². The largest absolute Gasteiger partial charge is 0.469 e. The summed E-state index contributed by atoms with van der Waals surface area (Å²) in [5.74, 6) is 1.77. The standard InChI is InChI=1S/C19H25NO/c1-3-12-20-19(16-11-13-21-14(16)2)18-10-5-4-9-17(18)15-7-6-8-15/h4-5,9-11,13,15,19-20H,3,6-8,12H2,1-2H3. The summed E-state index contributed by atoms with van der Waals surface area (Å²) < 4.78 is 5.55. The molecule has 0 spiro atoms. The van der Waals surface area contributed by atoms with Gasteiger partial charge in [-0.1, -0.05) is 37.6 Å². The van der Waals surface area contributed by atoms with Gasteiger partial charge in [-0.3, -0.25) is 0 Å². The van der Waals surface area contributed by atoms with Crippen molar-refractivity contribution in [3.8, 4) is 0 Å². The summed E-state index contributed by atoms with van der Waals surface area (Å²) >= 11 is 0. The minimum Gasteiger partial charge on any atom is -0.469 e. The monoisotopic (exact) mass is 283 g/mol. The molecular weight excluding hydrogens is 258 g/mol. The first kappa shape index (κ1) is 14.4. The fourth-order valence-corrected chi connectivity index (χ4v) is 3.24. The second-order valence-electron chi connectivity index (χ2n) is 6.08. The van der Waals surface area contributed by atoms with Gasteiger partial charge in [0, 0.05) is 5.56 Å². The third kappa shape index (κ3) is 2.91. The zero-order valence-electron chi connectivity index (χ0n) is 13.1. The van der Waals surface area contributed by atoms with Gasteiger partial charge in [0.1, 0.15) is 5.76 Å². The van der Waals surface area contributed by atoms with E-state index in [1.807, 2.05) is 0 Å². The summed E-state index contributed by atoms with van der Waals surface area (Å²) in [7, 11) is 0. The molecule has 2 aromatic rings. The molecule has 1 heterocycles. The van der Waals surface area contributed by atoms with Crippen LogP contribution in [0.2, 0.25) is 0 Å². The Kier molecular flexibility index (Phi) is 4.45. The summed E-state index contributed by atoms with van der Waals surface area (Å²) in [6.07, 6.45) is 6.98. The molecule has 0 aliphatic heterocycles. The Bertz CT molecular complexity index is 583. The molecular formula is C19H25NO. The Balaban J connectivity index is 1.98. The average Bonchev–Trinajstić information content (AvgIpc) is 2.85. The van der Waals surface area contributed by atoms with Crippen molar-refractivity contribution in [3.63, 3.8) is 0 Å². The lowest BCUT2D eigenvalue weighted by atomic mass is 9.76. The SMILES string of the molecule is CCCNC(c1ccccc1C1CCC1)c1ccoc1C. The number of aryl methyl sites for hydroxylation is 1. The molecule has 21 heavy (non-hydrogen) atoms. The number of nitrogens with one attached hydrogen (secondary N) is 1. The van der Waals surface area contributed by atoms with Crippen LogP contribution in [0.1, 0.15) is 67.0 Å². The average molecular weight is 283 g/mol. The quantitative estimate of drug-likeness (QED) is 0.812. The molecule has 0 bridgehead atoms. The van der Waals surface area contributed by atoms with Gasteiger partial charge < -0.3 is 9.73 Å². The fraction of sp³-hybridized carbons (Fsp3) is 0.474. The lowest BCUT2D eigenvalue weighted by molar-refractivity contribution is 0.413. The number of furan rings is 1. The summed E-state index contributed by atoms with van der Waals surface area (Å²) in [4.78, 5) is 0. The molecule has 3 rings (SSSR count). The Morgan fingerprint density at radius 1 is 1.19 bits per heavy atom. The van der Waals surface area contributed by atoms with Crippen LogP contribution >= 0.6 is 0 Å². The lowest BCUT2D eigenvalue weighted by Crippen LogP contribution is -2.25. The minimum atomic E-state index is 0.250. The van der Waals surface area contributed by atoms with E-state index in [4.69, 9.17) is 4.42 Å². The lowest BCUT2D eigenvalue weighted by Gasteiger charge is -2.31. The van der Waals surface area contributed by atoms with Gasteiger partial charge in [0.05, 0.1) is 12.3 Å². The maximum Gasteiger partial charge on any atom is 0.105 e. The predicted octanol–water partition coefficient (Wildman–Crippen LogP) is 4.94. The summed E-state index contributed by atoms with van der Waals surface area (Å²) in [5.41, 5.74) is 4.23. The zero-order valence-corrected chi connectivity index (χ0v) is 13.1. The fourth-order valence-electron chi connectivity index (χ4n) is 3.24. The highest BCUT2D eigenvalue weighted by Gasteiger charge is 2.26. The maximum absolute atomic E-state index is 5.55. The predicted molar refractivity (Wildman–Crippen MR) is 86.6 cm³/mol. The first-order valence-electron chi connectivity index (χ1n) is 8.17. The van der Waals surface area contributed by atoms with E-state index >= 15 is 0 Å². The summed E-state index contributed by atoms with van der Waals surface area (Å²) in [5, 5.41) is 3.71. The van der Waals surface area contributed by atoms with Crippen LogP contribution in [0.4, 0.5) is 0 Å². The van der Waals surface area contributed by atoms with E-state index in [0.717, 1.165) is 24.6 Å². The van der Waals surface area contributed by atoms with Gasteiger partial charge in [-0.05, 0) is 55.8 Å². The van der Waals surface area contributed by atoms with E-state index in [1.165, 1.54) is 36.0 Å². The molecule has 1 fully saturated rings. The Labute approximate surface area is 127 Å². The van der Waals surface area contributed by atoms with Crippen molar-refractivity contribution in [1.29, 1.82) is 0 Å². The van der Waals surface area contributed by atoms with Crippen molar-refractivity contribution >= 4 is 0 Å². The highest BCUT2D eigenvalue weighted by molar-refractivity contribution is 5.40. The van der Waals surface area contributed by atoms with Crippen molar-refractivity contribution in [3.05, 3.63) is 59.0 Å². The number of hydrogen-bond donors (Lipinski definition) is 1. The third-order valence-electron chi connectivity index (χ3n) is 4.66. The molecule has 2 nitrogen and oxygen atoms in total. The van der Waals surface area contributed by atoms with E-state index in [0.29, 0.717) is 0 Å². The van der Waals surface area contributed by atoms with Gasteiger partial charge >= 0.3 is 0 Å². The molecule has 1 aromatic carbocycles. The van der Waals surface area contributed by atoms with Crippen molar-refractivity contribution in [2.75, 3.05) is 6.54 Å². The molecule has 1 N–H and O–H groups in total. The van der Waals surface area contributed by atoms with Crippen LogP contribution in [0.15, 0.2) is 41.0 Å². The van der Waals surface area contributed by atoms with Crippen LogP contribution in [0, 0.1) is 6.92 Å². The summed E-state index contributed by atoms with van der Waals surface area (Å²) in [6, 6.07) is 11.3. The van der Waals surface area contributed by atoms with Gasteiger partial charge in [0.25, 0.3) is 0 Å². The van der Waals surface area contributed by atoms with Gasteiger partial charge in [-0.25, -0.2) is 0 Å². The maximum atomic E-state index is 5.55. The molecule has 1 unspecified atom stereocenters. The van der Waals surface area contributed by atoms with Gasteiger partial charge in [-0.2, -0.15) is 0 Å². The van der Waals surface area contributed by atoms with Crippen molar-refractivity contribution < 1.29 is 4.42 Å². The van der Waals surface area contributed by atoms with Crippen molar-refractivity contribution in [2.24, 2.45) is 0 Å². The highest BCUT2D eigenvalue weighted by atomic mass is 16.3. The molecule has 2 heteroatoms. The van der Waals surface area contributed by atoms with Crippen LogP contribution in [0.3, 0.4) is 0 Å². The van der Waals surface area contributed by atoms with Gasteiger partial charge in [0.2, 0.25) is 0 Å². The molecule has 112 valence electrons. The Morgan fingerprint density at radius 3 is 2.62 bits per heavy atom. The van der Waals surface area contributed by atoms with Crippen LogP contribution in [0.25, 0.3) is 0 Å². The minimum absolute atomic E-state index is 0.250. The van der Waals surface area contributed by atoms with E-state index in [9.17, 15) is 0 Å².